The summed E-state index contributed by atoms with van der Waals surface area (Å²) in [5.41, 5.74) is 4.07. The van der Waals surface area contributed by atoms with Gasteiger partial charge < -0.3 is 9.64 Å². The Kier molecular flexibility index (Phi) is 5.01. The van der Waals surface area contributed by atoms with E-state index in [1.165, 1.54) is 36.0 Å². The molecule has 2 aromatic carbocycles. The van der Waals surface area contributed by atoms with Gasteiger partial charge in [-0.15, -0.1) is 0 Å². The van der Waals surface area contributed by atoms with Crippen LogP contribution in [0.2, 0.25) is 0 Å². The molecule has 4 rings (SSSR count). The molecule has 2 aromatic rings. The highest BCUT2D eigenvalue weighted by atomic mass is 16.5. The number of piperidine rings is 1. The van der Waals surface area contributed by atoms with Gasteiger partial charge in [0, 0.05) is 23.7 Å². The molecule has 0 saturated carbocycles. The molecule has 2 atom stereocenters. The molecule has 0 aromatic heterocycles. The quantitative estimate of drug-likeness (QED) is 0.783. The molecule has 0 bridgehead atoms. The predicted octanol–water partition coefficient (Wildman–Crippen LogP) is 4.86. The fourth-order valence-corrected chi connectivity index (χ4v) is 4.47. The minimum Gasteiger partial charge on any atom is -0.457 e. The third kappa shape index (κ3) is 3.26. The zero-order chi connectivity index (χ0) is 18.1. The summed E-state index contributed by atoms with van der Waals surface area (Å²) >= 11 is 0. The molecule has 1 fully saturated rings. The third-order valence-electron chi connectivity index (χ3n) is 5.86. The van der Waals surface area contributed by atoms with Crippen LogP contribution in [0.5, 0.6) is 11.5 Å². The van der Waals surface area contributed by atoms with Crippen molar-refractivity contribution >= 4 is 0 Å². The van der Waals surface area contributed by atoms with Crippen LogP contribution >= 0.6 is 0 Å². The highest BCUT2D eigenvalue weighted by Gasteiger charge is 2.34. The zero-order valence-corrected chi connectivity index (χ0v) is 16.2. The Hall–Kier alpha value is -1.84. The largest absolute Gasteiger partial charge is 0.457 e. The van der Waals surface area contributed by atoms with Crippen LogP contribution in [0.15, 0.2) is 42.5 Å². The Balaban J connectivity index is 1.76. The number of benzene rings is 2. The van der Waals surface area contributed by atoms with Gasteiger partial charge in [0.15, 0.2) is 0 Å². The van der Waals surface area contributed by atoms with Crippen molar-refractivity contribution in [3.05, 3.63) is 59.2 Å². The smallest absolute Gasteiger partial charge is 0.132 e. The number of hydrogen-bond donors (Lipinski definition) is 0. The zero-order valence-electron chi connectivity index (χ0n) is 16.2. The minimum atomic E-state index is 0.300. The fraction of sp³-hybridized carbons (Fsp3) is 0.478. The molecule has 0 spiro atoms. The standard InChI is InChI=1S/C23H30N2O/c1-4-8-17-12-13-22-20(15-17)23(19-10-5-6-11-21(19)26-22)25-14-7-9-18(16-25)24(2)3/h5-6,10-13,15,18,23H,4,7-9,14,16H2,1-3H3. The number of likely N-dealkylation sites (tertiary alicyclic amines) is 1. The maximum absolute atomic E-state index is 6.27. The van der Waals surface area contributed by atoms with Crippen LogP contribution < -0.4 is 4.74 Å². The second kappa shape index (κ2) is 7.42. The van der Waals surface area contributed by atoms with E-state index in [0.29, 0.717) is 12.1 Å². The van der Waals surface area contributed by atoms with Gasteiger partial charge in [0.2, 0.25) is 0 Å². The molecule has 0 aliphatic carbocycles. The average Bonchev–Trinajstić information content (AvgIpc) is 2.66. The summed E-state index contributed by atoms with van der Waals surface area (Å²) in [6.07, 6.45) is 4.85. The Labute approximate surface area is 157 Å². The molecule has 2 aliphatic heterocycles. The molecule has 0 radical (unpaired) electrons. The number of likely N-dealkylation sites (N-methyl/N-ethyl adjacent to an activating group) is 1. The first-order valence-corrected chi connectivity index (χ1v) is 9.97. The highest BCUT2D eigenvalue weighted by Crippen LogP contribution is 2.46. The second-order valence-electron chi connectivity index (χ2n) is 7.92. The predicted molar refractivity (Wildman–Crippen MR) is 107 cm³/mol. The van der Waals surface area contributed by atoms with Gasteiger partial charge in [-0.05, 0) is 57.6 Å². The van der Waals surface area contributed by atoms with Gasteiger partial charge in [0.1, 0.15) is 11.5 Å². The van der Waals surface area contributed by atoms with E-state index in [9.17, 15) is 0 Å². The lowest BCUT2D eigenvalue weighted by molar-refractivity contribution is 0.106. The van der Waals surface area contributed by atoms with Crippen LogP contribution in [-0.2, 0) is 6.42 Å². The van der Waals surface area contributed by atoms with E-state index < -0.39 is 0 Å². The van der Waals surface area contributed by atoms with Gasteiger partial charge in [0.25, 0.3) is 0 Å². The lowest BCUT2D eigenvalue weighted by Crippen LogP contribution is -2.47. The van der Waals surface area contributed by atoms with Gasteiger partial charge in [-0.1, -0.05) is 43.7 Å². The van der Waals surface area contributed by atoms with E-state index in [2.05, 4.69) is 73.3 Å². The monoisotopic (exact) mass is 350 g/mol. The topological polar surface area (TPSA) is 15.7 Å². The van der Waals surface area contributed by atoms with Gasteiger partial charge >= 0.3 is 0 Å². The first kappa shape index (κ1) is 17.6. The van der Waals surface area contributed by atoms with Gasteiger partial charge in [-0.3, -0.25) is 4.90 Å². The van der Waals surface area contributed by atoms with E-state index >= 15 is 0 Å². The van der Waals surface area contributed by atoms with Crippen molar-refractivity contribution in [1.29, 1.82) is 0 Å². The van der Waals surface area contributed by atoms with Crippen molar-refractivity contribution in [2.45, 2.75) is 44.7 Å². The summed E-state index contributed by atoms with van der Waals surface area (Å²) in [5, 5.41) is 0. The van der Waals surface area contributed by atoms with Crippen molar-refractivity contribution in [2.24, 2.45) is 0 Å². The van der Waals surface area contributed by atoms with Gasteiger partial charge in [0.05, 0.1) is 6.04 Å². The van der Waals surface area contributed by atoms with Crippen molar-refractivity contribution in [3.8, 4) is 11.5 Å². The molecule has 2 aliphatic rings. The maximum atomic E-state index is 6.27. The Bertz CT molecular complexity index is 771. The molecule has 1 saturated heterocycles. The number of ether oxygens (including phenoxy) is 1. The number of rotatable bonds is 4. The number of fused-ring (bicyclic) bond motifs is 2. The summed E-state index contributed by atoms with van der Waals surface area (Å²) in [5.74, 6) is 2.04. The number of para-hydroxylation sites is 1. The summed E-state index contributed by atoms with van der Waals surface area (Å²) in [7, 11) is 4.42. The Morgan fingerprint density at radius 1 is 1.08 bits per heavy atom. The molecule has 0 amide bonds. The molecule has 3 nitrogen and oxygen atoms in total. The summed E-state index contributed by atoms with van der Waals surface area (Å²) in [4.78, 5) is 5.05. The first-order chi connectivity index (χ1) is 12.7. The number of nitrogens with zero attached hydrogens (tertiary/aromatic N) is 2. The fourth-order valence-electron chi connectivity index (χ4n) is 4.47. The van der Waals surface area contributed by atoms with Gasteiger partial charge in [-0.2, -0.15) is 0 Å². The highest BCUT2D eigenvalue weighted by molar-refractivity contribution is 5.54. The van der Waals surface area contributed by atoms with Crippen LogP contribution in [0.4, 0.5) is 0 Å². The Morgan fingerprint density at radius 3 is 2.69 bits per heavy atom. The molecule has 3 heteroatoms. The maximum Gasteiger partial charge on any atom is 0.132 e. The minimum absolute atomic E-state index is 0.300. The normalized spacial score (nSPS) is 22.6. The van der Waals surface area contributed by atoms with E-state index in [1.807, 2.05) is 0 Å². The molecular weight excluding hydrogens is 320 g/mol. The molecule has 26 heavy (non-hydrogen) atoms. The average molecular weight is 351 g/mol. The van der Waals surface area contributed by atoms with Crippen molar-refractivity contribution in [2.75, 3.05) is 27.2 Å². The van der Waals surface area contributed by atoms with Crippen LogP contribution in [0, 0.1) is 0 Å². The first-order valence-electron chi connectivity index (χ1n) is 9.97. The lowest BCUT2D eigenvalue weighted by Gasteiger charge is -2.43. The summed E-state index contributed by atoms with van der Waals surface area (Å²) < 4.78 is 6.27. The van der Waals surface area contributed by atoms with E-state index in [-0.39, 0.29) is 0 Å². The lowest BCUT2D eigenvalue weighted by atomic mass is 9.89. The van der Waals surface area contributed by atoms with Crippen LogP contribution in [0.1, 0.15) is 48.9 Å². The van der Waals surface area contributed by atoms with E-state index in [4.69, 9.17) is 4.74 Å². The van der Waals surface area contributed by atoms with Gasteiger partial charge in [-0.25, -0.2) is 0 Å². The van der Waals surface area contributed by atoms with Crippen LogP contribution in [0.25, 0.3) is 0 Å². The number of aryl methyl sites for hydroxylation is 1. The third-order valence-corrected chi connectivity index (χ3v) is 5.86. The number of hydrogen-bond acceptors (Lipinski definition) is 3. The summed E-state index contributed by atoms with van der Waals surface area (Å²) in [6.45, 7) is 4.51. The van der Waals surface area contributed by atoms with Crippen molar-refractivity contribution in [3.63, 3.8) is 0 Å². The Morgan fingerprint density at radius 2 is 1.88 bits per heavy atom. The van der Waals surface area contributed by atoms with Crippen molar-refractivity contribution < 1.29 is 4.74 Å². The summed E-state index contributed by atoms with van der Waals surface area (Å²) in [6, 6.07) is 16.3. The molecule has 2 heterocycles. The molecular formula is C23H30N2O. The van der Waals surface area contributed by atoms with E-state index in [0.717, 1.165) is 31.0 Å². The van der Waals surface area contributed by atoms with E-state index in [1.54, 1.807) is 0 Å². The molecule has 2 unspecified atom stereocenters. The molecule has 0 N–H and O–H groups in total. The van der Waals surface area contributed by atoms with Crippen LogP contribution in [0.3, 0.4) is 0 Å². The molecule has 138 valence electrons. The second-order valence-corrected chi connectivity index (χ2v) is 7.92. The van der Waals surface area contributed by atoms with Crippen molar-refractivity contribution in [1.82, 2.24) is 9.80 Å². The SMILES string of the molecule is CCCc1ccc2c(c1)C(N1CCCC(N(C)C)C1)c1ccccc1O2. The van der Waals surface area contributed by atoms with Crippen LogP contribution in [-0.4, -0.2) is 43.0 Å².